The molecule has 3 aromatic rings. The van der Waals surface area contributed by atoms with Crippen molar-refractivity contribution in [2.75, 3.05) is 12.8 Å². The molecule has 0 aliphatic heterocycles. The second-order valence-corrected chi connectivity index (χ2v) is 6.21. The van der Waals surface area contributed by atoms with Crippen molar-refractivity contribution in [1.29, 1.82) is 0 Å². The number of carbonyl (C=O) groups excluding carboxylic acids is 1. The second kappa shape index (κ2) is 7.61. The molecule has 0 radical (unpaired) electrons. The van der Waals surface area contributed by atoms with Crippen LogP contribution in [0.2, 0.25) is 0 Å². The number of nitrogens with zero attached hydrogens (tertiary/aromatic N) is 4. The first-order valence-electron chi connectivity index (χ1n) is 8.94. The third-order valence-electron chi connectivity index (χ3n) is 4.68. The lowest BCUT2D eigenvalue weighted by molar-refractivity contribution is -0.654. The molecule has 0 aliphatic rings. The molecular formula is C19H25N6O2+. The number of imidazole rings is 1. The van der Waals surface area contributed by atoms with E-state index in [1.807, 2.05) is 32.2 Å². The molecule has 1 aromatic carbocycles. The van der Waals surface area contributed by atoms with Crippen LogP contribution >= 0.6 is 0 Å². The summed E-state index contributed by atoms with van der Waals surface area (Å²) in [7, 11) is 3.63. The number of hydrogen-bond donors (Lipinski definition) is 2. The zero-order valence-corrected chi connectivity index (χ0v) is 16.1. The summed E-state index contributed by atoms with van der Waals surface area (Å²) in [5, 5.41) is 2.92. The first-order valence-corrected chi connectivity index (χ1v) is 8.94. The minimum atomic E-state index is -0.333. The minimum absolute atomic E-state index is 0.134. The van der Waals surface area contributed by atoms with Crippen LogP contribution in [0.5, 0.6) is 5.75 Å². The van der Waals surface area contributed by atoms with Gasteiger partial charge in [-0.3, -0.25) is 4.79 Å². The number of nitrogens with two attached hydrogens (primary N) is 1. The molecule has 3 rings (SSSR count). The minimum Gasteiger partial charge on any atom is -0.497 e. The Hall–Kier alpha value is -3.16. The van der Waals surface area contributed by atoms with E-state index < -0.39 is 0 Å². The Morgan fingerprint density at radius 3 is 2.81 bits per heavy atom. The summed E-state index contributed by atoms with van der Waals surface area (Å²) in [6.45, 7) is 5.13. The number of aryl methyl sites for hydroxylation is 3. The third kappa shape index (κ3) is 3.42. The number of nitrogen functional groups attached to an aromatic ring is 1. The molecule has 0 atom stereocenters. The summed E-state index contributed by atoms with van der Waals surface area (Å²) < 4.78 is 9.55. The molecule has 0 unspecified atom stereocenters. The van der Waals surface area contributed by atoms with Gasteiger partial charge in [-0.2, -0.15) is 0 Å². The molecule has 0 spiro atoms. The highest BCUT2D eigenvalue weighted by atomic mass is 16.5. The van der Waals surface area contributed by atoms with Crippen molar-refractivity contribution >= 4 is 22.8 Å². The van der Waals surface area contributed by atoms with Gasteiger partial charge in [0.1, 0.15) is 12.3 Å². The Labute approximate surface area is 158 Å². The normalized spacial score (nSPS) is 11.0. The van der Waals surface area contributed by atoms with Gasteiger partial charge in [-0.15, -0.1) is 0 Å². The lowest BCUT2D eigenvalue weighted by atomic mass is 10.3. The van der Waals surface area contributed by atoms with E-state index in [1.165, 1.54) is 0 Å². The summed E-state index contributed by atoms with van der Waals surface area (Å²) >= 11 is 0. The number of hydrogen-bond acceptors (Lipinski definition) is 5. The quantitative estimate of drug-likeness (QED) is 0.639. The molecule has 2 heterocycles. The maximum Gasteiger partial charge on any atom is 0.276 e. The van der Waals surface area contributed by atoms with Gasteiger partial charge in [0.05, 0.1) is 32.6 Å². The van der Waals surface area contributed by atoms with Crippen LogP contribution in [0.1, 0.15) is 35.9 Å². The van der Waals surface area contributed by atoms with E-state index >= 15 is 0 Å². The molecule has 2 aromatic heterocycles. The Kier molecular flexibility index (Phi) is 5.25. The van der Waals surface area contributed by atoms with E-state index in [0.29, 0.717) is 13.0 Å². The molecule has 8 heteroatoms. The molecule has 0 saturated carbocycles. The first-order chi connectivity index (χ1) is 13.0. The van der Waals surface area contributed by atoms with Gasteiger partial charge >= 0.3 is 0 Å². The average molecular weight is 369 g/mol. The first kappa shape index (κ1) is 18.6. The van der Waals surface area contributed by atoms with Gasteiger partial charge in [-0.25, -0.2) is 19.1 Å². The van der Waals surface area contributed by atoms with E-state index in [4.69, 9.17) is 10.5 Å². The smallest absolute Gasteiger partial charge is 0.276 e. The van der Waals surface area contributed by atoms with Crippen LogP contribution in [-0.2, 0) is 26.6 Å². The van der Waals surface area contributed by atoms with Crippen LogP contribution in [0, 0.1) is 0 Å². The van der Waals surface area contributed by atoms with Crippen molar-refractivity contribution in [3.05, 3.63) is 41.6 Å². The van der Waals surface area contributed by atoms with Crippen molar-refractivity contribution in [3.8, 4) is 5.75 Å². The number of fused-ring (bicyclic) bond motifs is 1. The van der Waals surface area contributed by atoms with Crippen LogP contribution < -0.4 is 20.4 Å². The van der Waals surface area contributed by atoms with E-state index in [-0.39, 0.29) is 17.4 Å². The number of amides is 1. The molecular weight excluding hydrogens is 344 g/mol. The second-order valence-electron chi connectivity index (χ2n) is 6.21. The maximum atomic E-state index is 12.6. The average Bonchev–Trinajstić information content (AvgIpc) is 2.96. The van der Waals surface area contributed by atoms with Gasteiger partial charge in [0.2, 0.25) is 0 Å². The largest absolute Gasteiger partial charge is 0.497 e. The van der Waals surface area contributed by atoms with Crippen LogP contribution in [0.4, 0.5) is 5.82 Å². The number of carbonyl (C=O) groups is 1. The standard InChI is InChI=1S/C19H24N6O2/c1-5-12-10-21-18(20)17(23-12)19(26)22-11-16-24(3)14-8-7-13(27-4)9-15(14)25(16)6-2/h7-10H,5-6,11H2,1-4H3,(H2-,20,21,22,26)/p+1. The highest BCUT2D eigenvalue weighted by molar-refractivity contribution is 5.96. The number of aromatic nitrogens is 4. The fourth-order valence-electron chi connectivity index (χ4n) is 3.17. The summed E-state index contributed by atoms with van der Waals surface area (Å²) in [6, 6.07) is 5.94. The number of rotatable bonds is 6. The topological polar surface area (TPSA) is 98.9 Å². The van der Waals surface area contributed by atoms with Crippen molar-refractivity contribution in [2.45, 2.75) is 33.4 Å². The van der Waals surface area contributed by atoms with E-state index in [2.05, 4.69) is 31.3 Å². The molecule has 0 bridgehead atoms. The summed E-state index contributed by atoms with van der Waals surface area (Å²) in [5.74, 6) is 1.56. The van der Waals surface area contributed by atoms with E-state index in [1.54, 1.807) is 13.3 Å². The Morgan fingerprint density at radius 2 is 2.15 bits per heavy atom. The molecule has 142 valence electrons. The number of anilines is 1. The Morgan fingerprint density at radius 1 is 1.37 bits per heavy atom. The fourth-order valence-corrected chi connectivity index (χ4v) is 3.17. The monoisotopic (exact) mass is 369 g/mol. The fraction of sp³-hybridized carbons (Fsp3) is 0.368. The van der Waals surface area contributed by atoms with Gasteiger partial charge in [-0.05, 0) is 25.5 Å². The number of ether oxygens (including phenoxy) is 1. The summed E-state index contributed by atoms with van der Waals surface area (Å²) in [5.41, 5.74) is 8.85. The third-order valence-corrected chi connectivity index (χ3v) is 4.68. The predicted octanol–water partition coefficient (Wildman–Crippen LogP) is 1.36. The van der Waals surface area contributed by atoms with Crippen molar-refractivity contribution in [3.63, 3.8) is 0 Å². The van der Waals surface area contributed by atoms with E-state index in [0.717, 1.165) is 34.8 Å². The van der Waals surface area contributed by atoms with Crippen molar-refractivity contribution in [1.82, 2.24) is 19.9 Å². The molecule has 1 amide bonds. The van der Waals surface area contributed by atoms with Crippen LogP contribution in [0.3, 0.4) is 0 Å². The van der Waals surface area contributed by atoms with Gasteiger partial charge < -0.3 is 15.8 Å². The lowest BCUT2D eigenvalue weighted by Gasteiger charge is -2.07. The molecule has 0 saturated heterocycles. The summed E-state index contributed by atoms with van der Waals surface area (Å²) in [4.78, 5) is 21.0. The SMILES string of the molecule is CCc1cnc(N)c(C(=O)NCc2n(CC)c3cc(OC)ccc3[n+]2C)n1. The van der Waals surface area contributed by atoms with Crippen LogP contribution in [0.25, 0.3) is 11.0 Å². The van der Waals surface area contributed by atoms with Crippen molar-refractivity contribution < 1.29 is 14.1 Å². The van der Waals surface area contributed by atoms with Crippen LogP contribution in [-0.4, -0.2) is 27.6 Å². The molecule has 8 nitrogen and oxygen atoms in total. The number of nitrogens with one attached hydrogen (secondary N) is 1. The molecule has 0 fully saturated rings. The van der Waals surface area contributed by atoms with E-state index in [9.17, 15) is 4.79 Å². The summed E-state index contributed by atoms with van der Waals surface area (Å²) in [6.07, 6.45) is 2.28. The zero-order valence-electron chi connectivity index (χ0n) is 16.1. The highest BCUT2D eigenvalue weighted by Gasteiger charge is 2.23. The molecule has 0 aliphatic carbocycles. The predicted molar refractivity (Wildman–Crippen MR) is 102 cm³/mol. The Bertz CT molecular complexity index is 996. The van der Waals surface area contributed by atoms with Crippen LogP contribution in [0.15, 0.2) is 24.4 Å². The Balaban J connectivity index is 1.91. The van der Waals surface area contributed by atoms with Gasteiger partial charge in [0, 0.05) is 6.07 Å². The molecule has 27 heavy (non-hydrogen) atoms. The zero-order chi connectivity index (χ0) is 19.6. The highest BCUT2D eigenvalue weighted by Crippen LogP contribution is 2.20. The number of methoxy groups -OCH3 is 1. The van der Waals surface area contributed by atoms with Gasteiger partial charge in [0.15, 0.2) is 22.5 Å². The lowest BCUT2D eigenvalue weighted by Crippen LogP contribution is -2.38. The maximum absolute atomic E-state index is 12.6. The van der Waals surface area contributed by atoms with Gasteiger partial charge in [0.25, 0.3) is 11.7 Å². The number of benzene rings is 1. The van der Waals surface area contributed by atoms with Gasteiger partial charge in [-0.1, -0.05) is 6.92 Å². The van der Waals surface area contributed by atoms with Crippen molar-refractivity contribution in [2.24, 2.45) is 7.05 Å². The molecule has 3 N–H and O–H groups in total.